The van der Waals surface area contributed by atoms with Crippen molar-refractivity contribution < 1.29 is 8.42 Å². The quantitative estimate of drug-likeness (QED) is 0.597. The Morgan fingerprint density at radius 3 is 2.71 bits per heavy atom. The number of rotatable bonds is 4. The average molecular weight is 405 g/mol. The second-order valence-electron chi connectivity index (χ2n) is 3.32. The normalized spacial score (nSPS) is 13.1. The molecule has 3 N–H and O–H groups in total. The van der Waals surface area contributed by atoms with E-state index in [1.807, 2.05) is 0 Å². The molecule has 0 aromatic heterocycles. The van der Waals surface area contributed by atoms with E-state index in [0.29, 0.717) is 10.7 Å². The molecule has 4 nitrogen and oxygen atoms in total. The van der Waals surface area contributed by atoms with Crippen molar-refractivity contribution in [3.05, 3.63) is 26.8 Å². The molecule has 0 aliphatic rings. The molecular formula is C9H10ClIN2O2S2. The molecule has 0 saturated heterocycles. The van der Waals surface area contributed by atoms with Gasteiger partial charge in [0.1, 0.15) is 5.25 Å². The molecule has 0 bridgehead atoms. The molecular weight excluding hydrogens is 395 g/mol. The number of hydrogen-bond acceptors (Lipinski definition) is 3. The minimum Gasteiger partial charge on any atom is -0.392 e. The molecule has 0 aliphatic heterocycles. The number of anilines is 1. The minimum atomic E-state index is -3.66. The van der Waals surface area contributed by atoms with Crippen LogP contribution < -0.4 is 10.5 Å². The first kappa shape index (κ1) is 14.9. The number of hydrogen-bond donors (Lipinski definition) is 2. The van der Waals surface area contributed by atoms with E-state index < -0.39 is 15.3 Å². The van der Waals surface area contributed by atoms with Crippen LogP contribution in [0.25, 0.3) is 0 Å². The molecule has 0 spiro atoms. The molecule has 8 heteroatoms. The molecule has 0 heterocycles. The number of thiocarbonyl (C=S) groups is 1. The van der Waals surface area contributed by atoms with E-state index in [1.54, 1.807) is 18.2 Å². The van der Waals surface area contributed by atoms with Crippen molar-refractivity contribution in [1.82, 2.24) is 0 Å². The molecule has 1 rings (SSSR count). The van der Waals surface area contributed by atoms with Crippen LogP contribution in [0.2, 0.25) is 5.02 Å². The van der Waals surface area contributed by atoms with Crippen molar-refractivity contribution in [3.63, 3.8) is 0 Å². The molecule has 0 aliphatic carbocycles. The van der Waals surface area contributed by atoms with E-state index >= 15 is 0 Å². The lowest BCUT2D eigenvalue weighted by atomic mass is 10.3. The highest BCUT2D eigenvalue weighted by Crippen LogP contribution is 2.25. The molecule has 0 fully saturated rings. The van der Waals surface area contributed by atoms with Gasteiger partial charge in [-0.05, 0) is 47.7 Å². The molecule has 1 aromatic rings. The SMILES string of the molecule is CC(C(N)=S)S(=O)(=O)Nc1cc(I)ccc1Cl. The Labute approximate surface area is 124 Å². The zero-order chi connectivity index (χ0) is 13.2. The van der Waals surface area contributed by atoms with Crippen LogP contribution in [0.3, 0.4) is 0 Å². The third-order valence-corrected chi connectivity index (χ3v) is 5.24. The first-order valence-corrected chi connectivity index (χ1v) is 7.91. The minimum absolute atomic E-state index is 0.0840. The van der Waals surface area contributed by atoms with Crippen LogP contribution in [-0.4, -0.2) is 18.7 Å². The van der Waals surface area contributed by atoms with Crippen molar-refractivity contribution in [1.29, 1.82) is 0 Å². The number of sulfonamides is 1. The fraction of sp³-hybridized carbons (Fsp3) is 0.222. The first-order chi connectivity index (χ1) is 7.74. The Hall–Kier alpha value is -0.120. The standard InChI is InChI=1S/C9H10ClIN2O2S2/c1-5(9(12)16)17(14,15)13-8-4-6(11)2-3-7(8)10/h2-5,13H,1H3,(H2,12,16). The highest BCUT2D eigenvalue weighted by atomic mass is 127. The van der Waals surface area contributed by atoms with Gasteiger partial charge in [0.05, 0.1) is 15.7 Å². The lowest BCUT2D eigenvalue weighted by Gasteiger charge is -2.14. The summed E-state index contributed by atoms with van der Waals surface area (Å²) in [6, 6.07) is 5.02. The number of nitrogens with one attached hydrogen (secondary N) is 1. The average Bonchev–Trinajstić information content (AvgIpc) is 2.21. The predicted octanol–water partition coefficient (Wildman–Crippen LogP) is 2.36. The third kappa shape index (κ3) is 3.94. The Balaban J connectivity index is 3.06. The van der Waals surface area contributed by atoms with Crippen LogP contribution >= 0.6 is 46.4 Å². The van der Waals surface area contributed by atoms with E-state index in [4.69, 9.17) is 17.3 Å². The molecule has 0 radical (unpaired) electrons. The summed E-state index contributed by atoms with van der Waals surface area (Å²) in [5, 5.41) is -0.629. The van der Waals surface area contributed by atoms with Gasteiger partial charge in [0.25, 0.3) is 0 Å². The largest absolute Gasteiger partial charge is 0.392 e. The topological polar surface area (TPSA) is 72.2 Å². The molecule has 17 heavy (non-hydrogen) atoms. The van der Waals surface area contributed by atoms with Crippen LogP contribution in [0.1, 0.15) is 6.92 Å². The summed E-state index contributed by atoms with van der Waals surface area (Å²) < 4.78 is 27.0. The van der Waals surface area contributed by atoms with Gasteiger partial charge in [0, 0.05) is 3.57 Å². The Bertz CT molecular complexity index is 548. The molecule has 94 valence electrons. The fourth-order valence-corrected chi connectivity index (χ4v) is 3.02. The Morgan fingerprint density at radius 2 is 2.18 bits per heavy atom. The van der Waals surface area contributed by atoms with Crippen molar-refractivity contribution in [2.24, 2.45) is 5.73 Å². The molecule has 1 atom stereocenters. The molecule has 1 aromatic carbocycles. The lowest BCUT2D eigenvalue weighted by molar-refractivity contribution is 0.598. The van der Waals surface area contributed by atoms with Crippen LogP contribution in [0.15, 0.2) is 18.2 Å². The smallest absolute Gasteiger partial charge is 0.241 e. The maximum absolute atomic E-state index is 11.9. The third-order valence-electron chi connectivity index (χ3n) is 2.05. The van der Waals surface area contributed by atoms with Crippen LogP contribution in [0.5, 0.6) is 0 Å². The number of benzene rings is 1. The summed E-state index contributed by atoms with van der Waals surface area (Å²) in [5.74, 6) is 0. The summed E-state index contributed by atoms with van der Waals surface area (Å²) in [5.41, 5.74) is 5.64. The second kappa shape index (κ2) is 5.68. The van der Waals surface area contributed by atoms with Gasteiger partial charge in [-0.1, -0.05) is 23.8 Å². The van der Waals surface area contributed by atoms with E-state index in [9.17, 15) is 8.42 Å². The summed E-state index contributed by atoms with van der Waals surface area (Å²) in [6.45, 7) is 1.42. The van der Waals surface area contributed by atoms with Crippen LogP contribution in [0, 0.1) is 3.57 Å². The highest BCUT2D eigenvalue weighted by Gasteiger charge is 2.23. The molecule has 0 saturated carbocycles. The second-order valence-corrected chi connectivity index (χ2v) is 7.44. The van der Waals surface area contributed by atoms with Crippen molar-refractivity contribution >= 4 is 67.1 Å². The van der Waals surface area contributed by atoms with Gasteiger partial charge in [-0.2, -0.15) is 0 Å². The van der Waals surface area contributed by atoms with Gasteiger partial charge < -0.3 is 5.73 Å². The monoisotopic (exact) mass is 404 g/mol. The van der Waals surface area contributed by atoms with E-state index in [2.05, 4.69) is 39.5 Å². The van der Waals surface area contributed by atoms with Crippen molar-refractivity contribution in [3.8, 4) is 0 Å². The van der Waals surface area contributed by atoms with E-state index in [0.717, 1.165) is 3.57 Å². The van der Waals surface area contributed by atoms with E-state index in [1.165, 1.54) is 6.92 Å². The van der Waals surface area contributed by atoms with E-state index in [-0.39, 0.29) is 4.99 Å². The zero-order valence-electron chi connectivity index (χ0n) is 8.78. The highest BCUT2D eigenvalue weighted by molar-refractivity contribution is 14.1. The first-order valence-electron chi connectivity index (χ1n) is 4.50. The summed E-state index contributed by atoms with van der Waals surface area (Å²) in [7, 11) is -3.66. The van der Waals surface area contributed by atoms with Gasteiger partial charge in [-0.25, -0.2) is 8.42 Å². The van der Waals surface area contributed by atoms with Gasteiger partial charge in [0.15, 0.2) is 0 Å². The summed E-state index contributed by atoms with van der Waals surface area (Å²) in [6.07, 6.45) is 0. The summed E-state index contributed by atoms with van der Waals surface area (Å²) in [4.78, 5) is -0.0840. The Kier molecular flexibility index (Phi) is 4.99. The van der Waals surface area contributed by atoms with Gasteiger partial charge in [0.2, 0.25) is 10.0 Å². The molecule has 0 amide bonds. The lowest BCUT2D eigenvalue weighted by Crippen LogP contribution is -2.35. The van der Waals surface area contributed by atoms with Gasteiger partial charge in [-0.15, -0.1) is 0 Å². The van der Waals surface area contributed by atoms with Crippen LogP contribution in [0.4, 0.5) is 5.69 Å². The predicted molar refractivity (Wildman–Crippen MR) is 83.0 cm³/mol. The Morgan fingerprint density at radius 1 is 1.59 bits per heavy atom. The van der Waals surface area contributed by atoms with Gasteiger partial charge in [-0.3, -0.25) is 4.72 Å². The zero-order valence-corrected chi connectivity index (χ0v) is 13.3. The molecule has 1 unspecified atom stereocenters. The van der Waals surface area contributed by atoms with Crippen molar-refractivity contribution in [2.75, 3.05) is 4.72 Å². The fourth-order valence-electron chi connectivity index (χ4n) is 0.970. The van der Waals surface area contributed by atoms with Crippen molar-refractivity contribution in [2.45, 2.75) is 12.2 Å². The number of nitrogens with two attached hydrogens (primary N) is 1. The van der Waals surface area contributed by atoms with Gasteiger partial charge >= 0.3 is 0 Å². The summed E-state index contributed by atoms with van der Waals surface area (Å²) >= 11 is 12.6. The maximum atomic E-state index is 11.9. The number of halogens is 2. The maximum Gasteiger partial charge on any atom is 0.241 e. The van der Waals surface area contributed by atoms with Crippen LogP contribution in [-0.2, 0) is 10.0 Å².